The average molecular weight is 403 g/mol. The zero-order chi connectivity index (χ0) is 20.1. The smallest absolute Gasteiger partial charge is 0.269 e. The van der Waals surface area contributed by atoms with Crippen LogP contribution in [0.4, 0.5) is 0 Å². The molecule has 0 saturated heterocycles. The molecule has 0 bridgehead atoms. The third-order valence-electron chi connectivity index (χ3n) is 4.11. The van der Waals surface area contributed by atoms with Crippen molar-refractivity contribution in [2.75, 3.05) is 13.1 Å². The number of oxime groups is 1. The van der Waals surface area contributed by atoms with Crippen LogP contribution in [0.25, 0.3) is 11.3 Å². The van der Waals surface area contributed by atoms with Gasteiger partial charge in [0, 0.05) is 18.5 Å². The molecule has 28 heavy (non-hydrogen) atoms. The van der Waals surface area contributed by atoms with Gasteiger partial charge in [-0.2, -0.15) is 0 Å². The van der Waals surface area contributed by atoms with E-state index in [0.717, 1.165) is 0 Å². The van der Waals surface area contributed by atoms with Gasteiger partial charge in [-0.05, 0) is 13.0 Å². The van der Waals surface area contributed by atoms with E-state index in [0.29, 0.717) is 40.6 Å². The lowest BCUT2D eigenvalue weighted by Crippen LogP contribution is -2.35. The quantitative estimate of drug-likeness (QED) is 0.692. The van der Waals surface area contributed by atoms with E-state index in [1.165, 1.54) is 0 Å². The van der Waals surface area contributed by atoms with Crippen LogP contribution in [-0.2, 0) is 9.63 Å². The molecular formula is C19H19ClN4O4. The largest absolute Gasteiger partial charge is 0.390 e. The molecule has 0 spiro atoms. The van der Waals surface area contributed by atoms with E-state index >= 15 is 0 Å². The van der Waals surface area contributed by atoms with Crippen molar-refractivity contribution < 1.29 is 18.9 Å². The van der Waals surface area contributed by atoms with Gasteiger partial charge in [-0.1, -0.05) is 46.2 Å². The molecule has 2 amide bonds. The predicted molar refractivity (Wildman–Crippen MR) is 104 cm³/mol. The van der Waals surface area contributed by atoms with Crippen molar-refractivity contribution in [3.8, 4) is 11.3 Å². The van der Waals surface area contributed by atoms with Crippen LogP contribution in [0.15, 0.2) is 46.6 Å². The number of aromatic nitrogens is 1. The maximum Gasteiger partial charge on any atom is 0.269 e. The monoisotopic (exact) mass is 402 g/mol. The van der Waals surface area contributed by atoms with Gasteiger partial charge in [0.1, 0.15) is 22.7 Å². The fourth-order valence-electron chi connectivity index (χ4n) is 2.71. The second kappa shape index (κ2) is 8.71. The molecule has 1 aliphatic heterocycles. The van der Waals surface area contributed by atoms with Gasteiger partial charge < -0.3 is 20.0 Å². The number of carbonyl (C=O) groups is 2. The van der Waals surface area contributed by atoms with Crippen molar-refractivity contribution in [2.24, 2.45) is 5.16 Å². The van der Waals surface area contributed by atoms with Crippen molar-refractivity contribution in [3.63, 3.8) is 0 Å². The molecule has 2 heterocycles. The summed E-state index contributed by atoms with van der Waals surface area (Å²) in [4.78, 5) is 29.8. The Labute approximate surface area is 166 Å². The fraction of sp³-hybridized carbons (Fsp3) is 0.263. The number of carbonyl (C=O) groups excluding carboxylic acids is 2. The number of nitrogens with one attached hydrogen (secondary N) is 2. The van der Waals surface area contributed by atoms with Crippen LogP contribution in [0.5, 0.6) is 0 Å². The number of amides is 2. The maximum atomic E-state index is 12.7. The van der Waals surface area contributed by atoms with Crippen LogP contribution in [0.3, 0.4) is 0 Å². The van der Waals surface area contributed by atoms with Crippen LogP contribution < -0.4 is 10.6 Å². The van der Waals surface area contributed by atoms with Crippen molar-refractivity contribution in [3.05, 3.63) is 53.3 Å². The van der Waals surface area contributed by atoms with E-state index in [9.17, 15) is 9.59 Å². The molecule has 0 unspecified atom stereocenters. The van der Waals surface area contributed by atoms with Crippen molar-refractivity contribution >= 4 is 29.1 Å². The Morgan fingerprint density at radius 2 is 2.11 bits per heavy atom. The van der Waals surface area contributed by atoms with Gasteiger partial charge in [0.05, 0.1) is 11.6 Å². The molecule has 8 nitrogen and oxygen atoms in total. The van der Waals surface area contributed by atoms with Gasteiger partial charge in [0.25, 0.3) is 11.8 Å². The average Bonchev–Trinajstić information content (AvgIpc) is 3.31. The van der Waals surface area contributed by atoms with Crippen molar-refractivity contribution in [2.45, 2.75) is 19.4 Å². The first-order valence-corrected chi connectivity index (χ1v) is 9.00. The summed E-state index contributed by atoms with van der Waals surface area (Å²) >= 11 is 6.21. The third-order valence-corrected chi connectivity index (χ3v) is 4.44. The first-order chi connectivity index (χ1) is 13.5. The highest BCUT2D eigenvalue weighted by molar-refractivity contribution is 6.39. The highest BCUT2D eigenvalue weighted by atomic mass is 35.5. The summed E-state index contributed by atoms with van der Waals surface area (Å²) in [5, 5.41) is 13.6. The zero-order valence-electron chi connectivity index (χ0n) is 15.2. The Hall–Kier alpha value is -3.13. The Balaban J connectivity index is 1.63. The third kappa shape index (κ3) is 4.23. The normalized spacial score (nSPS) is 15.5. The van der Waals surface area contributed by atoms with Crippen molar-refractivity contribution in [1.82, 2.24) is 15.8 Å². The van der Waals surface area contributed by atoms with Gasteiger partial charge >= 0.3 is 0 Å². The number of halogens is 1. The van der Waals surface area contributed by atoms with Crippen LogP contribution in [0.1, 0.15) is 22.5 Å². The molecule has 146 valence electrons. The summed E-state index contributed by atoms with van der Waals surface area (Å²) in [7, 11) is 0. The first-order valence-electron chi connectivity index (χ1n) is 8.62. The fourth-order valence-corrected chi connectivity index (χ4v) is 2.94. The Morgan fingerprint density at radius 1 is 1.32 bits per heavy atom. The van der Waals surface area contributed by atoms with Crippen LogP contribution in [0.2, 0.25) is 5.02 Å². The summed E-state index contributed by atoms with van der Waals surface area (Å²) < 4.78 is 5.20. The van der Waals surface area contributed by atoms with E-state index in [4.69, 9.17) is 21.0 Å². The highest BCUT2D eigenvalue weighted by Gasteiger charge is 2.28. The van der Waals surface area contributed by atoms with Gasteiger partial charge in [0.15, 0.2) is 6.10 Å². The molecule has 1 atom stereocenters. The first kappa shape index (κ1) is 19.6. The van der Waals surface area contributed by atoms with E-state index in [-0.39, 0.29) is 24.1 Å². The summed E-state index contributed by atoms with van der Waals surface area (Å²) in [6.07, 6.45) is 1.44. The minimum Gasteiger partial charge on any atom is -0.390 e. The Kier molecular flexibility index (Phi) is 6.10. The molecule has 0 radical (unpaired) electrons. The van der Waals surface area contributed by atoms with Crippen LogP contribution in [-0.4, -0.2) is 41.9 Å². The molecule has 2 aromatic rings. The predicted octanol–water partition coefficient (Wildman–Crippen LogP) is 2.48. The number of aryl methyl sites for hydroxylation is 1. The highest BCUT2D eigenvalue weighted by Crippen LogP contribution is 2.30. The zero-order valence-corrected chi connectivity index (χ0v) is 16.0. The topological polar surface area (TPSA) is 106 Å². The molecule has 1 aromatic heterocycles. The SMILES string of the molecule is C=CCNC(=O)C1=NO[C@H](CNC(=O)c2c(-c3ccccc3Cl)noc2C)C1. The second-order valence-corrected chi connectivity index (χ2v) is 6.53. The minimum atomic E-state index is -0.433. The molecular weight excluding hydrogens is 384 g/mol. The summed E-state index contributed by atoms with van der Waals surface area (Å²) in [5.74, 6) is -0.313. The maximum absolute atomic E-state index is 12.7. The number of hydrogen-bond acceptors (Lipinski definition) is 6. The molecule has 1 aromatic carbocycles. The molecule has 9 heteroatoms. The minimum absolute atomic E-state index is 0.174. The Morgan fingerprint density at radius 3 is 2.86 bits per heavy atom. The molecule has 1 aliphatic rings. The summed E-state index contributed by atoms with van der Waals surface area (Å²) in [5.41, 5.74) is 1.55. The van der Waals surface area contributed by atoms with E-state index in [1.54, 1.807) is 37.3 Å². The Bertz CT molecular complexity index is 938. The number of benzene rings is 1. The summed E-state index contributed by atoms with van der Waals surface area (Å²) in [6.45, 7) is 5.70. The van der Waals surface area contributed by atoms with Crippen molar-refractivity contribution in [1.29, 1.82) is 0 Å². The van der Waals surface area contributed by atoms with Gasteiger partial charge in [0.2, 0.25) is 0 Å². The second-order valence-electron chi connectivity index (χ2n) is 6.12. The molecule has 2 N–H and O–H groups in total. The molecule has 0 fully saturated rings. The van der Waals surface area contributed by atoms with E-state index in [1.807, 2.05) is 0 Å². The summed E-state index contributed by atoms with van der Waals surface area (Å²) in [6, 6.07) is 7.07. The van der Waals surface area contributed by atoms with Gasteiger partial charge in [-0.15, -0.1) is 6.58 Å². The van der Waals surface area contributed by atoms with E-state index in [2.05, 4.69) is 27.5 Å². The number of hydrogen-bond donors (Lipinski definition) is 2. The van der Waals surface area contributed by atoms with Crippen LogP contribution in [0, 0.1) is 6.92 Å². The van der Waals surface area contributed by atoms with Gasteiger partial charge in [-0.25, -0.2) is 0 Å². The van der Waals surface area contributed by atoms with Gasteiger partial charge in [-0.3, -0.25) is 9.59 Å². The lowest BCUT2D eigenvalue weighted by molar-refractivity contribution is -0.114. The standard InChI is InChI=1S/C19H19ClN4O4/c1-3-8-21-18(25)15-9-12(28-23-15)10-22-19(26)16-11(2)27-24-17(16)13-6-4-5-7-14(13)20/h3-7,12H,1,8-10H2,2H3,(H,21,25)(H,22,26)/t12-/m0/s1. The lowest BCUT2D eigenvalue weighted by Gasteiger charge is -2.10. The lowest BCUT2D eigenvalue weighted by atomic mass is 10.1. The molecule has 0 saturated carbocycles. The van der Waals surface area contributed by atoms with Crippen LogP contribution >= 0.6 is 11.6 Å². The molecule has 3 rings (SSSR count). The van der Waals surface area contributed by atoms with E-state index < -0.39 is 6.10 Å². The molecule has 0 aliphatic carbocycles. The number of rotatable bonds is 7. The number of nitrogens with zero attached hydrogens (tertiary/aromatic N) is 2.